The van der Waals surface area contributed by atoms with E-state index in [1.54, 1.807) is 6.92 Å². The Morgan fingerprint density at radius 2 is 2.14 bits per heavy atom. The number of ketones is 1. The van der Waals surface area contributed by atoms with Crippen molar-refractivity contribution in [3.63, 3.8) is 0 Å². The van der Waals surface area contributed by atoms with Crippen LogP contribution in [0.3, 0.4) is 0 Å². The molecule has 2 nitrogen and oxygen atoms in total. The lowest BCUT2D eigenvalue weighted by molar-refractivity contribution is 0.0954. The van der Waals surface area contributed by atoms with Crippen molar-refractivity contribution in [2.24, 2.45) is 5.73 Å². The quantitative estimate of drug-likeness (QED) is 0.755. The number of nitrogens with two attached hydrogens (primary N) is 1. The Kier molecular flexibility index (Phi) is 3.30. The van der Waals surface area contributed by atoms with Gasteiger partial charge in [0.15, 0.2) is 17.4 Å². The molecule has 0 saturated carbocycles. The normalized spacial score (nSPS) is 12.6. The molecular formula is C10H11F2NO. The summed E-state index contributed by atoms with van der Waals surface area (Å²) in [7, 11) is 0. The van der Waals surface area contributed by atoms with E-state index in [2.05, 4.69) is 0 Å². The van der Waals surface area contributed by atoms with Crippen molar-refractivity contribution in [3.8, 4) is 0 Å². The summed E-state index contributed by atoms with van der Waals surface area (Å²) in [5, 5.41) is 0. The summed E-state index contributed by atoms with van der Waals surface area (Å²) in [6, 6.07) is 2.71. The largest absolute Gasteiger partial charge is 0.321 e. The average molecular weight is 199 g/mol. The molecule has 0 heterocycles. The number of Topliss-reactive ketones (excluding diaryl/α,β-unsaturated/α-hetero) is 1. The van der Waals surface area contributed by atoms with E-state index in [0.29, 0.717) is 6.42 Å². The number of halogens is 2. The molecule has 4 heteroatoms. The molecule has 1 atom stereocenters. The van der Waals surface area contributed by atoms with E-state index in [1.165, 1.54) is 12.1 Å². The van der Waals surface area contributed by atoms with E-state index in [1.807, 2.05) is 0 Å². The third-order valence-corrected chi connectivity index (χ3v) is 1.99. The molecule has 0 aliphatic carbocycles. The second-order valence-corrected chi connectivity index (χ2v) is 2.98. The van der Waals surface area contributed by atoms with E-state index in [4.69, 9.17) is 5.73 Å². The van der Waals surface area contributed by atoms with Gasteiger partial charge in [0.25, 0.3) is 0 Å². The van der Waals surface area contributed by atoms with Crippen LogP contribution in [0.15, 0.2) is 18.2 Å². The third kappa shape index (κ3) is 1.96. The molecule has 1 aromatic carbocycles. The van der Waals surface area contributed by atoms with E-state index >= 15 is 0 Å². The van der Waals surface area contributed by atoms with Gasteiger partial charge in [0.1, 0.15) is 0 Å². The second-order valence-electron chi connectivity index (χ2n) is 2.98. The molecule has 0 aromatic heterocycles. The number of hydrogen-bond acceptors (Lipinski definition) is 2. The molecule has 0 bridgehead atoms. The minimum Gasteiger partial charge on any atom is -0.321 e. The summed E-state index contributed by atoms with van der Waals surface area (Å²) in [6.45, 7) is 1.71. The Hall–Kier alpha value is -1.29. The number of hydrogen-bond donors (Lipinski definition) is 1. The van der Waals surface area contributed by atoms with Crippen LogP contribution >= 0.6 is 0 Å². The third-order valence-electron chi connectivity index (χ3n) is 1.99. The lowest BCUT2D eigenvalue weighted by Gasteiger charge is -2.08. The maximum absolute atomic E-state index is 13.1. The highest BCUT2D eigenvalue weighted by atomic mass is 19.2. The van der Waals surface area contributed by atoms with Gasteiger partial charge < -0.3 is 5.73 Å². The van der Waals surface area contributed by atoms with Crippen molar-refractivity contribution < 1.29 is 13.6 Å². The van der Waals surface area contributed by atoms with Gasteiger partial charge in [-0.15, -0.1) is 0 Å². The Morgan fingerprint density at radius 1 is 1.50 bits per heavy atom. The first-order chi connectivity index (χ1) is 6.57. The summed E-state index contributed by atoms with van der Waals surface area (Å²) in [4.78, 5) is 11.4. The molecule has 0 amide bonds. The number of rotatable bonds is 3. The predicted molar refractivity (Wildman–Crippen MR) is 49.0 cm³/mol. The van der Waals surface area contributed by atoms with Gasteiger partial charge >= 0.3 is 0 Å². The van der Waals surface area contributed by atoms with E-state index in [9.17, 15) is 13.6 Å². The van der Waals surface area contributed by atoms with Gasteiger partial charge in [0.05, 0.1) is 11.6 Å². The van der Waals surface area contributed by atoms with Crippen molar-refractivity contribution >= 4 is 5.78 Å². The SMILES string of the molecule is CCC(N)C(=O)c1cccc(F)c1F. The van der Waals surface area contributed by atoms with Crippen LogP contribution in [0.1, 0.15) is 23.7 Å². The van der Waals surface area contributed by atoms with Crippen molar-refractivity contribution in [3.05, 3.63) is 35.4 Å². The number of carbonyl (C=O) groups excluding carboxylic acids is 1. The Labute approximate surface area is 80.7 Å². The molecule has 76 valence electrons. The minimum absolute atomic E-state index is 0.278. The molecule has 0 radical (unpaired) electrons. The van der Waals surface area contributed by atoms with Gasteiger partial charge in [-0.3, -0.25) is 4.79 Å². The second kappa shape index (κ2) is 4.28. The van der Waals surface area contributed by atoms with Gasteiger partial charge in [-0.05, 0) is 18.6 Å². The van der Waals surface area contributed by atoms with Crippen LogP contribution in [-0.4, -0.2) is 11.8 Å². The highest BCUT2D eigenvalue weighted by molar-refractivity contribution is 6.00. The molecule has 0 saturated heterocycles. The van der Waals surface area contributed by atoms with Crippen molar-refractivity contribution in [1.29, 1.82) is 0 Å². The van der Waals surface area contributed by atoms with Gasteiger partial charge in [-0.25, -0.2) is 8.78 Å². The van der Waals surface area contributed by atoms with Gasteiger partial charge in [-0.1, -0.05) is 13.0 Å². The lowest BCUT2D eigenvalue weighted by atomic mass is 10.0. The van der Waals surface area contributed by atoms with Crippen LogP contribution < -0.4 is 5.73 Å². The minimum atomic E-state index is -1.12. The topological polar surface area (TPSA) is 43.1 Å². The molecule has 0 aliphatic rings. The van der Waals surface area contributed by atoms with Crippen LogP contribution in [0.4, 0.5) is 8.78 Å². The van der Waals surface area contributed by atoms with Gasteiger partial charge in [0, 0.05) is 0 Å². The summed E-state index contributed by atoms with van der Waals surface area (Å²) >= 11 is 0. The first kappa shape index (κ1) is 10.8. The van der Waals surface area contributed by atoms with E-state index in [-0.39, 0.29) is 5.56 Å². The van der Waals surface area contributed by atoms with Crippen LogP contribution in [0, 0.1) is 11.6 Å². The van der Waals surface area contributed by atoms with Crippen LogP contribution in [-0.2, 0) is 0 Å². The first-order valence-corrected chi connectivity index (χ1v) is 4.31. The Balaban J connectivity index is 3.07. The summed E-state index contributed by atoms with van der Waals surface area (Å²) in [6.07, 6.45) is 0.398. The molecule has 1 rings (SSSR count). The molecule has 1 aromatic rings. The zero-order valence-corrected chi connectivity index (χ0v) is 7.76. The molecular weight excluding hydrogens is 188 g/mol. The molecule has 1 unspecified atom stereocenters. The van der Waals surface area contributed by atoms with Crippen molar-refractivity contribution in [2.45, 2.75) is 19.4 Å². The maximum Gasteiger partial charge on any atom is 0.182 e. The van der Waals surface area contributed by atoms with Crippen LogP contribution in [0.25, 0.3) is 0 Å². The molecule has 0 fully saturated rings. The Bertz CT molecular complexity index is 352. The zero-order valence-electron chi connectivity index (χ0n) is 7.76. The number of benzene rings is 1. The van der Waals surface area contributed by atoms with Gasteiger partial charge in [-0.2, -0.15) is 0 Å². The smallest absolute Gasteiger partial charge is 0.182 e. The van der Waals surface area contributed by atoms with Gasteiger partial charge in [0.2, 0.25) is 0 Å². The number of carbonyl (C=O) groups is 1. The fraction of sp³-hybridized carbons (Fsp3) is 0.300. The van der Waals surface area contributed by atoms with Crippen LogP contribution in [0.2, 0.25) is 0 Å². The molecule has 14 heavy (non-hydrogen) atoms. The maximum atomic E-state index is 13.1. The van der Waals surface area contributed by atoms with Crippen molar-refractivity contribution in [1.82, 2.24) is 0 Å². The fourth-order valence-corrected chi connectivity index (χ4v) is 1.08. The Morgan fingerprint density at radius 3 is 2.71 bits per heavy atom. The monoisotopic (exact) mass is 199 g/mol. The molecule has 0 aliphatic heterocycles. The molecule has 2 N–H and O–H groups in total. The molecule has 0 spiro atoms. The first-order valence-electron chi connectivity index (χ1n) is 4.31. The van der Waals surface area contributed by atoms with E-state index < -0.39 is 23.5 Å². The zero-order chi connectivity index (χ0) is 10.7. The van der Waals surface area contributed by atoms with E-state index in [0.717, 1.165) is 6.07 Å². The lowest BCUT2D eigenvalue weighted by Crippen LogP contribution is -2.30. The van der Waals surface area contributed by atoms with Crippen molar-refractivity contribution in [2.75, 3.05) is 0 Å². The fourth-order valence-electron chi connectivity index (χ4n) is 1.08. The highest BCUT2D eigenvalue weighted by Gasteiger charge is 2.19. The highest BCUT2D eigenvalue weighted by Crippen LogP contribution is 2.13. The summed E-state index contributed by atoms with van der Waals surface area (Å²) in [5.74, 6) is -2.72. The summed E-state index contributed by atoms with van der Waals surface area (Å²) in [5.41, 5.74) is 5.15. The standard InChI is InChI=1S/C10H11F2NO/c1-2-8(13)10(14)6-4-3-5-7(11)9(6)12/h3-5,8H,2,13H2,1H3. The summed E-state index contributed by atoms with van der Waals surface area (Å²) < 4.78 is 25.8. The van der Waals surface area contributed by atoms with Crippen LogP contribution in [0.5, 0.6) is 0 Å². The average Bonchev–Trinajstić information content (AvgIpc) is 2.20. The predicted octanol–water partition coefficient (Wildman–Crippen LogP) is 1.88.